The van der Waals surface area contributed by atoms with Crippen LogP contribution in [0.3, 0.4) is 0 Å². The number of nitrogens with one attached hydrogen (secondary N) is 1. The second kappa shape index (κ2) is 9.43. The van der Waals surface area contributed by atoms with Crippen LogP contribution in [-0.4, -0.2) is 90.6 Å². The van der Waals surface area contributed by atoms with Crippen LogP contribution in [0.15, 0.2) is 48.8 Å². The molecule has 3 heterocycles. The van der Waals surface area contributed by atoms with Gasteiger partial charge in [0.15, 0.2) is 0 Å². The molecule has 0 bridgehead atoms. The quantitative estimate of drug-likeness (QED) is 0.799. The van der Waals surface area contributed by atoms with Crippen molar-refractivity contribution in [2.75, 3.05) is 68.7 Å². The molecule has 3 amide bonds. The van der Waals surface area contributed by atoms with Crippen LogP contribution in [0.25, 0.3) is 0 Å². The molecule has 9 nitrogen and oxygen atoms in total. The summed E-state index contributed by atoms with van der Waals surface area (Å²) in [7, 11) is 0. The molecule has 9 heteroatoms. The van der Waals surface area contributed by atoms with Crippen LogP contribution in [0.5, 0.6) is 0 Å². The summed E-state index contributed by atoms with van der Waals surface area (Å²) in [6, 6.07) is 11.8. The summed E-state index contributed by atoms with van der Waals surface area (Å²) in [4.78, 5) is 41.4. The van der Waals surface area contributed by atoms with E-state index in [-0.39, 0.29) is 18.5 Å². The molecule has 158 valence electrons. The van der Waals surface area contributed by atoms with E-state index in [4.69, 9.17) is 0 Å². The average molecular weight is 409 g/mol. The third-order valence-electron chi connectivity index (χ3n) is 5.55. The zero-order valence-corrected chi connectivity index (χ0v) is 17.0. The number of urea groups is 1. The maximum atomic E-state index is 12.5. The number of amides is 3. The van der Waals surface area contributed by atoms with Gasteiger partial charge in [-0.3, -0.25) is 4.79 Å². The lowest BCUT2D eigenvalue weighted by Gasteiger charge is -2.36. The fourth-order valence-corrected chi connectivity index (χ4v) is 3.79. The number of carbonyl (C=O) groups is 2. The van der Waals surface area contributed by atoms with E-state index in [1.165, 1.54) is 5.69 Å². The third kappa shape index (κ3) is 4.79. The molecule has 2 aliphatic rings. The van der Waals surface area contributed by atoms with Gasteiger partial charge in [-0.25, -0.2) is 14.8 Å². The van der Waals surface area contributed by atoms with Crippen molar-refractivity contribution < 1.29 is 9.59 Å². The van der Waals surface area contributed by atoms with Crippen molar-refractivity contribution >= 4 is 23.6 Å². The Balaban J connectivity index is 1.18. The van der Waals surface area contributed by atoms with Gasteiger partial charge in [0.1, 0.15) is 0 Å². The van der Waals surface area contributed by atoms with Gasteiger partial charge >= 0.3 is 6.03 Å². The van der Waals surface area contributed by atoms with Gasteiger partial charge in [0.25, 0.3) is 0 Å². The molecular weight excluding hydrogens is 382 g/mol. The Bertz CT molecular complexity index is 761. The number of para-hydroxylation sites is 1. The molecule has 0 radical (unpaired) electrons. The summed E-state index contributed by atoms with van der Waals surface area (Å²) in [6.45, 7) is 5.47. The first-order valence-corrected chi connectivity index (χ1v) is 10.3. The number of hydrogen-bond donors (Lipinski definition) is 1. The molecule has 0 spiro atoms. The standard InChI is InChI=1S/C21H27N7O2/c29-19(26-11-9-25(10-12-26)18-5-2-1-3-6-18)17-24-21(30)28-15-13-27(14-16-28)20-22-7-4-8-23-20/h1-8H,9-17H2,(H,24,30). The number of benzene rings is 1. The van der Waals surface area contributed by atoms with Gasteiger partial charge in [-0.2, -0.15) is 0 Å². The van der Waals surface area contributed by atoms with E-state index in [9.17, 15) is 9.59 Å². The maximum absolute atomic E-state index is 12.5. The van der Waals surface area contributed by atoms with Crippen molar-refractivity contribution in [2.45, 2.75) is 0 Å². The molecule has 4 rings (SSSR count). The van der Waals surface area contributed by atoms with Gasteiger partial charge in [-0.1, -0.05) is 18.2 Å². The number of nitrogens with zero attached hydrogens (tertiary/aromatic N) is 6. The molecule has 1 aromatic heterocycles. The molecule has 2 aliphatic heterocycles. The normalized spacial score (nSPS) is 17.1. The first-order valence-electron chi connectivity index (χ1n) is 10.3. The predicted octanol–water partition coefficient (Wildman–Crippen LogP) is 0.657. The van der Waals surface area contributed by atoms with Crippen LogP contribution < -0.4 is 15.1 Å². The van der Waals surface area contributed by atoms with Crippen LogP contribution >= 0.6 is 0 Å². The highest BCUT2D eigenvalue weighted by Gasteiger charge is 2.25. The minimum Gasteiger partial charge on any atom is -0.368 e. The number of carbonyl (C=O) groups excluding carboxylic acids is 2. The number of piperazine rings is 2. The predicted molar refractivity (Wildman–Crippen MR) is 114 cm³/mol. The minimum absolute atomic E-state index is 0.0339. The number of aromatic nitrogens is 2. The van der Waals surface area contributed by atoms with Crippen molar-refractivity contribution in [3.63, 3.8) is 0 Å². The Morgan fingerprint density at radius 1 is 0.767 bits per heavy atom. The molecule has 0 saturated carbocycles. The van der Waals surface area contributed by atoms with Gasteiger partial charge in [-0.15, -0.1) is 0 Å². The third-order valence-corrected chi connectivity index (χ3v) is 5.55. The zero-order chi connectivity index (χ0) is 20.8. The molecule has 0 atom stereocenters. The van der Waals surface area contributed by atoms with Gasteiger partial charge in [-0.05, 0) is 18.2 Å². The topological polar surface area (TPSA) is 84.9 Å². The molecular formula is C21H27N7O2. The van der Waals surface area contributed by atoms with E-state index in [1.807, 2.05) is 23.1 Å². The molecule has 1 aromatic carbocycles. The Morgan fingerprint density at radius 2 is 1.37 bits per heavy atom. The molecule has 0 aliphatic carbocycles. The van der Waals surface area contributed by atoms with Crippen LogP contribution in [-0.2, 0) is 4.79 Å². The van der Waals surface area contributed by atoms with Crippen molar-refractivity contribution in [3.05, 3.63) is 48.8 Å². The monoisotopic (exact) mass is 409 g/mol. The first kappa shape index (κ1) is 19.9. The summed E-state index contributed by atoms with van der Waals surface area (Å²) in [6.07, 6.45) is 3.43. The second-order valence-corrected chi connectivity index (χ2v) is 7.38. The van der Waals surface area contributed by atoms with Crippen LogP contribution in [0.4, 0.5) is 16.4 Å². The minimum atomic E-state index is -0.195. The summed E-state index contributed by atoms with van der Waals surface area (Å²) in [5, 5.41) is 2.78. The van der Waals surface area contributed by atoms with Crippen LogP contribution in [0.1, 0.15) is 0 Å². The number of hydrogen-bond acceptors (Lipinski definition) is 6. The highest BCUT2D eigenvalue weighted by atomic mass is 16.2. The number of anilines is 2. The lowest BCUT2D eigenvalue weighted by Crippen LogP contribution is -2.55. The van der Waals surface area contributed by atoms with Gasteiger partial charge < -0.3 is 24.9 Å². The summed E-state index contributed by atoms with van der Waals surface area (Å²) in [5.41, 5.74) is 1.18. The Morgan fingerprint density at radius 3 is 2.03 bits per heavy atom. The van der Waals surface area contributed by atoms with E-state index < -0.39 is 0 Å². The molecule has 1 N–H and O–H groups in total. The van der Waals surface area contributed by atoms with E-state index in [2.05, 4.69) is 37.2 Å². The maximum Gasteiger partial charge on any atom is 0.317 e. The van der Waals surface area contributed by atoms with Crippen molar-refractivity contribution in [2.24, 2.45) is 0 Å². The van der Waals surface area contributed by atoms with Crippen molar-refractivity contribution in [3.8, 4) is 0 Å². The molecule has 0 unspecified atom stereocenters. The number of rotatable bonds is 4. The second-order valence-electron chi connectivity index (χ2n) is 7.38. The van der Waals surface area contributed by atoms with Crippen LogP contribution in [0, 0.1) is 0 Å². The average Bonchev–Trinajstić information content (AvgIpc) is 2.83. The summed E-state index contributed by atoms with van der Waals surface area (Å²) < 4.78 is 0. The van der Waals surface area contributed by atoms with Crippen molar-refractivity contribution in [1.29, 1.82) is 0 Å². The summed E-state index contributed by atoms with van der Waals surface area (Å²) >= 11 is 0. The van der Waals surface area contributed by atoms with Gasteiger partial charge in [0, 0.05) is 70.4 Å². The Hall–Kier alpha value is -3.36. The van der Waals surface area contributed by atoms with Gasteiger partial charge in [0.2, 0.25) is 11.9 Å². The SMILES string of the molecule is O=C(CNC(=O)N1CCN(c2ncccn2)CC1)N1CCN(c2ccccc2)CC1. The Labute approximate surface area is 176 Å². The molecule has 2 aromatic rings. The van der Waals surface area contributed by atoms with E-state index in [1.54, 1.807) is 23.4 Å². The highest BCUT2D eigenvalue weighted by molar-refractivity contribution is 5.84. The summed E-state index contributed by atoms with van der Waals surface area (Å²) in [5.74, 6) is 0.648. The fraction of sp³-hybridized carbons (Fsp3) is 0.429. The van der Waals surface area contributed by atoms with E-state index >= 15 is 0 Å². The molecule has 30 heavy (non-hydrogen) atoms. The first-order chi connectivity index (χ1) is 14.7. The van der Waals surface area contributed by atoms with Crippen LogP contribution in [0.2, 0.25) is 0 Å². The zero-order valence-electron chi connectivity index (χ0n) is 17.0. The van der Waals surface area contributed by atoms with E-state index in [0.29, 0.717) is 45.2 Å². The lowest BCUT2D eigenvalue weighted by atomic mass is 10.2. The molecule has 2 fully saturated rings. The van der Waals surface area contributed by atoms with Gasteiger partial charge in [0.05, 0.1) is 6.54 Å². The Kier molecular flexibility index (Phi) is 6.26. The largest absolute Gasteiger partial charge is 0.368 e. The van der Waals surface area contributed by atoms with Crippen molar-refractivity contribution in [1.82, 2.24) is 25.1 Å². The molecule has 2 saturated heterocycles. The highest BCUT2D eigenvalue weighted by Crippen LogP contribution is 2.15. The van der Waals surface area contributed by atoms with E-state index in [0.717, 1.165) is 13.1 Å². The fourth-order valence-electron chi connectivity index (χ4n) is 3.79. The smallest absolute Gasteiger partial charge is 0.317 e. The lowest BCUT2D eigenvalue weighted by molar-refractivity contribution is -0.130.